The standard InChI is InChI=1S/C14H20O4/c1-10(2)8-9-17-11(3)18-13-7-5-4-6-12(13)14(15)16/h4-7,10-11H,8-9H2,1-3H3,(H,15,16). The van der Waals surface area contributed by atoms with E-state index in [1.165, 1.54) is 6.07 Å². The molecule has 4 heteroatoms. The van der Waals surface area contributed by atoms with E-state index >= 15 is 0 Å². The fourth-order valence-corrected chi connectivity index (χ4v) is 1.43. The molecule has 0 saturated carbocycles. The summed E-state index contributed by atoms with van der Waals surface area (Å²) in [5, 5.41) is 9.01. The molecule has 4 nitrogen and oxygen atoms in total. The lowest BCUT2D eigenvalue weighted by Crippen LogP contribution is -2.19. The molecule has 0 saturated heterocycles. The first-order valence-corrected chi connectivity index (χ1v) is 6.11. The fraction of sp³-hybridized carbons (Fsp3) is 0.500. The van der Waals surface area contributed by atoms with Gasteiger partial charge in [-0.3, -0.25) is 0 Å². The van der Waals surface area contributed by atoms with Crippen LogP contribution in [0.5, 0.6) is 5.75 Å². The fourth-order valence-electron chi connectivity index (χ4n) is 1.43. The minimum absolute atomic E-state index is 0.150. The van der Waals surface area contributed by atoms with Gasteiger partial charge in [-0.15, -0.1) is 0 Å². The van der Waals surface area contributed by atoms with Crippen molar-refractivity contribution in [2.75, 3.05) is 6.61 Å². The second-order valence-corrected chi connectivity index (χ2v) is 4.54. The van der Waals surface area contributed by atoms with Gasteiger partial charge in [0.1, 0.15) is 11.3 Å². The molecular formula is C14H20O4. The van der Waals surface area contributed by atoms with Crippen LogP contribution in [-0.2, 0) is 4.74 Å². The molecule has 0 bridgehead atoms. The monoisotopic (exact) mass is 252 g/mol. The van der Waals surface area contributed by atoms with Crippen LogP contribution in [0.25, 0.3) is 0 Å². The molecule has 0 aliphatic rings. The summed E-state index contributed by atoms with van der Waals surface area (Å²) in [7, 11) is 0. The Balaban J connectivity index is 2.53. The molecule has 0 spiro atoms. The highest BCUT2D eigenvalue weighted by atomic mass is 16.7. The van der Waals surface area contributed by atoms with Crippen LogP contribution in [0.2, 0.25) is 0 Å². The SMILES string of the molecule is CC(C)CCOC(C)Oc1ccccc1C(=O)O. The van der Waals surface area contributed by atoms with Crippen molar-refractivity contribution in [1.29, 1.82) is 0 Å². The molecule has 1 unspecified atom stereocenters. The first-order valence-electron chi connectivity index (χ1n) is 6.11. The first-order chi connectivity index (χ1) is 8.50. The number of benzene rings is 1. The van der Waals surface area contributed by atoms with Gasteiger partial charge in [-0.1, -0.05) is 26.0 Å². The van der Waals surface area contributed by atoms with Crippen LogP contribution in [-0.4, -0.2) is 24.0 Å². The summed E-state index contributed by atoms with van der Waals surface area (Å²) in [6.45, 7) is 6.61. The van der Waals surface area contributed by atoms with Crippen LogP contribution in [0.15, 0.2) is 24.3 Å². The van der Waals surface area contributed by atoms with Crippen LogP contribution in [0.4, 0.5) is 0 Å². The maximum Gasteiger partial charge on any atom is 0.339 e. The first kappa shape index (κ1) is 14.5. The summed E-state index contributed by atoms with van der Waals surface area (Å²) in [5.74, 6) is -0.0921. The number of ether oxygens (including phenoxy) is 2. The molecule has 18 heavy (non-hydrogen) atoms. The van der Waals surface area contributed by atoms with Crippen LogP contribution in [0.1, 0.15) is 37.6 Å². The van der Waals surface area contributed by atoms with Gasteiger partial charge in [0.15, 0.2) is 6.29 Å². The van der Waals surface area contributed by atoms with Crippen LogP contribution in [0, 0.1) is 5.92 Å². The average Bonchev–Trinajstić information content (AvgIpc) is 2.28. The summed E-state index contributed by atoms with van der Waals surface area (Å²) in [6, 6.07) is 6.55. The highest BCUT2D eigenvalue weighted by Gasteiger charge is 2.13. The van der Waals surface area contributed by atoms with E-state index in [1.807, 2.05) is 0 Å². The number of carbonyl (C=O) groups is 1. The van der Waals surface area contributed by atoms with Crippen molar-refractivity contribution in [3.05, 3.63) is 29.8 Å². The molecule has 1 atom stereocenters. The molecule has 0 aliphatic heterocycles. The van der Waals surface area contributed by atoms with Crippen LogP contribution >= 0.6 is 0 Å². The second-order valence-electron chi connectivity index (χ2n) is 4.54. The zero-order chi connectivity index (χ0) is 13.5. The molecule has 1 aromatic carbocycles. The maximum atomic E-state index is 11.0. The molecule has 100 valence electrons. The third-order valence-corrected chi connectivity index (χ3v) is 2.46. The van der Waals surface area contributed by atoms with E-state index in [1.54, 1.807) is 25.1 Å². The molecule has 1 N–H and O–H groups in total. The number of hydrogen-bond acceptors (Lipinski definition) is 3. The zero-order valence-electron chi connectivity index (χ0n) is 11.1. The summed E-state index contributed by atoms with van der Waals surface area (Å²) >= 11 is 0. The Morgan fingerprint density at radius 1 is 1.28 bits per heavy atom. The number of carboxylic acid groups (broad SMARTS) is 1. The minimum atomic E-state index is -1.00. The van der Waals surface area contributed by atoms with Crippen LogP contribution in [0.3, 0.4) is 0 Å². The molecule has 0 radical (unpaired) electrons. The van der Waals surface area contributed by atoms with Gasteiger partial charge in [0.25, 0.3) is 0 Å². The summed E-state index contributed by atoms with van der Waals surface area (Å²) in [4.78, 5) is 11.0. The van der Waals surface area contributed by atoms with Crippen molar-refractivity contribution in [2.24, 2.45) is 5.92 Å². The smallest absolute Gasteiger partial charge is 0.339 e. The molecule has 0 aromatic heterocycles. The van der Waals surface area contributed by atoms with E-state index in [-0.39, 0.29) is 5.56 Å². The van der Waals surface area contributed by atoms with E-state index in [2.05, 4.69) is 13.8 Å². The maximum absolute atomic E-state index is 11.0. The van der Waals surface area contributed by atoms with E-state index in [9.17, 15) is 4.79 Å². The number of hydrogen-bond donors (Lipinski definition) is 1. The predicted octanol–water partition coefficient (Wildman–Crippen LogP) is 3.17. The average molecular weight is 252 g/mol. The Morgan fingerprint density at radius 3 is 2.56 bits per heavy atom. The third kappa shape index (κ3) is 4.75. The Morgan fingerprint density at radius 2 is 1.94 bits per heavy atom. The Bertz CT molecular complexity index is 387. The van der Waals surface area contributed by atoms with Gasteiger partial charge in [-0.25, -0.2) is 4.79 Å². The predicted molar refractivity (Wildman–Crippen MR) is 68.9 cm³/mol. The van der Waals surface area contributed by atoms with Crippen LogP contribution < -0.4 is 4.74 Å². The number of aromatic carboxylic acids is 1. The van der Waals surface area contributed by atoms with Crippen molar-refractivity contribution in [2.45, 2.75) is 33.5 Å². The number of rotatable bonds is 7. The minimum Gasteiger partial charge on any atom is -0.478 e. The van der Waals surface area contributed by atoms with Crippen molar-refractivity contribution in [3.8, 4) is 5.75 Å². The van der Waals surface area contributed by atoms with E-state index in [0.717, 1.165) is 6.42 Å². The van der Waals surface area contributed by atoms with E-state index < -0.39 is 12.3 Å². The van der Waals surface area contributed by atoms with Gasteiger partial charge in [0, 0.05) is 0 Å². The van der Waals surface area contributed by atoms with Gasteiger partial charge >= 0.3 is 5.97 Å². The third-order valence-electron chi connectivity index (χ3n) is 2.46. The second kappa shape index (κ2) is 7.01. The highest BCUT2D eigenvalue weighted by molar-refractivity contribution is 5.90. The Kier molecular flexibility index (Phi) is 5.65. The van der Waals surface area contributed by atoms with E-state index in [4.69, 9.17) is 14.6 Å². The van der Waals surface area contributed by atoms with Gasteiger partial charge in [0.2, 0.25) is 0 Å². The number of para-hydroxylation sites is 1. The molecular weight excluding hydrogens is 232 g/mol. The Hall–Kier alpha value is -1.55. The molecule has 0 heterocycles. The van der Waals surface area contributed by atoms with Gasteiger partial charge in [-0.2, -0.15) is 0 Å². The Labute approximate surface area is 108 Å². The van der Waals surface area contributed by atoms with Crippen molar-refractivity contribution in [3.63, 3.8) is 0 Å². The summed E-state index contributed by atoms with van der Waals surface area (Å²) in [5.41, 5.74) is 0.150. The van der Waals surface area contributed by atoms with Gasteiger partial charge in [0.05, 0.1) is 6.61 Å². The van der Waals surface area contributed by atoms with Crippen molar-refractivity contribution >= 4 is 5.97 Å². The van der Waals surface area contributed by atoms with Gasteiger partial charge in [-0.05, 0) is 31.4 Å². The lowest BCUT2D eigenvalue weighted by Gasteiger charge is -2.17. The lowest BCUT2D eigenvalue weighted by atomic mass is 10.1. The normalized spacial score (nSPS) is 12.4. The van der Waals surface area contributed by atoms with Gasteiger partial charge < -0.3 is 14.6 Å². The highest BCUT2D eigenvalue weighted by Crippen LogP contribution is 2.19. The largest absolute Gasteiger partial charge is 0.478 e. The number of carboxylic acids is 1. The molecule has 1 rings (SSSR count). The molecule has 0 amide bonds. The van der Waals surface area contributed by atoms with E-state index in [0.29, 0.717) is 18.3 Å². The molecule has 1 aromatic rings. The van der Waals surface area contributed by atoms with Crippen molar-refractivity contribution < 1.29 is 19.4 Å². The summed E-state index contributed by atoms with van der Waals surface area (Å²) in [6.07, 6.45) is 0.498. The molecule has 0 fully saturated rings. The zero-order valence-corrected chi connectivity index (χ0v) is 11.1. The topological polar surface area (TPSA) is 55.8 Å². The summed E-state index contributed by atoms with van der Waals surface area (Å²) < 4.78 is 11.0. The lowest BCUT2D eigenvalue weighted by molar-refractivity contribution is -0.0698. The molecule has 0 aliphatic carbocycles. The quantitative estimate of drug-likeness (QED) is 0.757. The van der Waals surface area contributed by atoms with Crippen molar-refractivity contribution in [1.82, 2.24) is 0 Å².